The fraction of sp³-hybridized carbons (Fsp3) is 0.167. The highest BCUT2D eigenvalue weighted by atomic mass is 35.5. The van der Waals surface area contributed by atoms with Crippen LogP contribution < -0.4 is 4.72 Å². The van der Waals surface area contributed by atoms with Crippen LogP contribution in [-0.4, -0.2) is 20.1 Å². The van der Waals surface area contributed by atoms with Crippen LogP contribution in [0.5, 0.6) is 0 Å². The van der Waals surface area contributed by atoms with Crippen LogP contribution in [0.15, 0.2) is 34.5 Å². The van der Waals surface area contributed by atoms with Gasteiger partial charge in [-0.05, 0) is 30.3 Å². The molecule has 1 aromatic heterocycles. The number of benzene rings is 1. The van der Waals surface area contributed by atoms with Crippen LogP contribution in [0.25, 0.3) is 0 Å². The summed E-state index contributed by atoms with van der Waals surface area (Å²) in [5.41, 5.74) is 0.305. The first-order valence-corrected chi connectivity index (χ1v) is 8.65. The summed E-state index contributed by atoms with van der Waals surface area (Å²) >= 11 is 12.8. The summed E-state index contributed by atoms with van der Waals surface area (Å²) in [5, 5.41) is 9.54. The van der Waals surface area contributed by atoms with Gasteiger partial charge < -0.3 is 5.11 Å². The van der Waals surface area contributed by atoms with Gasteiger partial charge >= 0.3 is 0 Å². The molecule has 0 aliphatic heterocycles. The summed E-state index contributed by atoms with van der Waals surface area (Å²) in [6.45, 7) is -0.0165. The van der Waals surface area contributed by atoms with Crippen molar-refractivity contribution < 1.29 is 13.5 Å². The highest BCUT2D eigenvalue weighted by Crippen LogP contribution is 2.27. The highest BCUT2D eigenvalue weighted by molar-refractivity contribution is 7.94. The number of halogens is 2. The van der Waals surface area contributed by atoms with Crippen molar-refractivity contribution in [1.82, 2.24) is 0 Å². The third-order valence-corrected chi connectivity index (χ3v) is 5.83. The SMILES string of the molecule is O=S(=O)(Nc1cc(Cl)cc(Cl)c1)c1ccc(CCO)s1. The van der Waals surface area contributed by atoms with Crippen molar-refractivity contribution in [3.05, 3.63) is 45.3 Å². The Balaban J connectivity index is 2.25. The topological polar surface area (TPSA) is 66.4 Å². The van der Waals surface area contributed by atoms with Crippen molar-refractivity contribution >= 4 is 50.2 Å². The Bertz CT molecular complexity index is 693. The van der Waals surface area contributed by atoms with E-state index in [1.54, 1.807) is 6.07 Å². The highest BCUT2D eigenvalue weighted by Gasteiger charge is 2.17. The van der Waals surface area contributed by atoms with E-state index >= 15 is 0 Å². The fourth-order valence-corrected chi connectivity index (χ4v) is 4.48. The molecule has 2 rings (SSSR count). The normalized spacial score (nSPS) is 11.6. The fourth-order valence-electron chi connectivity index (χ4n) is 1.57. The Morgan fingerprint density at radius 2 is 1.80 bits per heavy atom. The quantitative estimate of drug-likeness (QED) is 0.867. The summed E-state index contributed by atoms with van der Waals surface area (Å²) in [5.74, 6) is 0. The molecule has 0 radical (unpaired) electrons. The monoisotopic (exact) mass is 351 g/mol. The molecule has 4 nitrogen and oxygen atoms in total. The van der Waals surface area contributed by atoms with E-state index in [-0.39, 0.29) is 10.8 Å². The van der Waals surface area contributed by atoms with Crippen molar-refractivity contribution in [2.45, 2.75) is 10.6 Å². The maximum Gasteiger partial charge on any atom is 0.271 e. The van der Waals surface area contributed by atoms with Crippen molar-refractivity contribution in [3.63, 3.8) is 0 Å². The minimum Gasteiger partial charge on any atom is -0.396 e. The number of rotatable bonds is 5. The van der Waals surface area contributed by atoms with Crippen LogP contribution in [0.1, 0.15) is 4.88 Å². The van der Waals surface area contributed by atoms with E-state index in [2.05, 4.69) is 4.72 Å². The van der Waals surface area contributed by atoms with Crippen molar-refractivity contribution in [3.8, 4) is 0 Å². The van der Waals surface area contributed by atoms with Crippen molar-refractivity contribution in [2.75, 3.05) is 11.3 Å². The number of aliphatic hydroxyl groups excluding tert-OH is 1. The second-order valence-electron chi connectivity index (χ2n) is 3.96. The number of nitrogens with one attached hydrogen (secondary N) is 1. The molecular weight excluding hydrogens is 341 g/mol. The van der Waals surface area contributed by atoms with Crippen molar-refractivity contribution in [1.29, 1.82) is 0 Å². The first-order chi connectivity index (χ1) is 9.40. The molecule has 8 heteroatoms. The van der Waals surface area contributed by atoms with Crippen LogP contribution in [0.4, 0.5) is 5.69 Å². The molecule has 0 aliphatic rings. The zero-order chi connectivity index (χ0) is 14.8. The van der Waals surface area contributed by atoms with Crippen LogP contribution in [0.3, 0.4) is 0 Å². The molecule has 108 valence electrons. The second-order valence-corrected chi connectivity index (χ2v) is 7.91. The van der Waals surface area contributed by atoms with E-state index in [0.717, 1.165) is 16.2 Å². The zero-order valence-electron chi connectivity index (χ0n) is 10.1. The lowest BCUT2D eigenvalue weighted by Crippen LogP contribution is -2.11. The lowest BCUT2D eigenvalue weighted by atomic mass is 10.3. The molecule has 0 atom stereocenters. The van der Waals surface area contributed by atoms with E-state index in [1.165, 1.54) is 24.3 Å². The third-order valence-electron chi connectivity index (χ3n) is 2.37. The minimum absolute atomic E-state index is 0.0165. The molecule has 1 heterocycles. The summed E-state index contributed by atoms with van der Waals surface area (Å²) in [7, 11) is -3.67. The van der Waals surface area contributed by atoms with Gasteiger partial charge in [-0.3, -0.25) is 4.72 Å². The summed E-state index contributed by atoms with van der Waals surface area (Å²) < 4.78 is 27.0. The third kappa shape index (κ3) is 3.86. The summed E-state index contributed by atoms with van der Waals surface area (Å²) in [6.07, 6.45) is 0.434. The van der Waals surface area contributed by atoms with Crippen LogP contribution in [0, 0.1) is 0 Å². The summed E-state index contributed by atoms with van der Waals surface area (Å²) in [6, 6.07) is 7.66. The molecule has 0 amide bonds. The first kappa shape index (κ1) is 15.6. The van der Waals surface area contributed by atoms with Crippen molar-refractivity contribution in [2.24, 2.45) is 0 Å². The first-order valence-electron chi connectivity index (χ1n) is 5.59. The maximum absolute atomic E-state index is 12.2. The Morgan fingerprint density at radius 3 is 2.40 bits per heavy atom. The van der Waals surface area contributed by atoms with Gasteiger partial charge in [0.25, 0.3) is 10.0 Å². The van der Waals surface area contributed by atoms with E-state index in [1.807, 2.05) is 0 Å². The lowest BCUT2D eigenvalue weighted by molar-refractivity contribution is 0.300. The molecule has 2 aromatic rings. The van der Waals surface area contributed by atoms with Gasteiger partial charge in [0.1, 0.15) is 4.21 Å². The average molecular weight is 352 g/mol. The molecular formula is C12H11Cl2NO3S2. The molecule has 20 heavy (non-hydrogen) atoms. The molecule has 0 spiro atoms. The Hall–Kier alpha value is -0.790. The number of hydrogen-bond donors (Lipinski definition) is 2. The number of thiophene rings is 1. The van der Waals surface area contributed by atoms with Gasteiger partial charge in [-0.2, -0.15) is 0 Å². The van der Waals surface area contributed by atoms with E-state index in [4.69, 9.17) is 28.3 Å². The maximum atomic E-state index is 12.2. The predicted octanol–water partition coefficient (Wildman–Crippen LogP) is 3.39. The van der Waals surface area contributed by atoms with Gasteiger partial charge in [0.15, 0.2) is 0 Å². The van der Waals surface area contributed by atoms with E-state index < -0.39 is 10.0 Å². The molecule has 0 bridgehead atoms. The van der Waals surface area contributed by atoms with Crippen LogP contribution in [0.2, 0.25) is 10.0 Å². The molecule has 0 saturated heterocycles. The largest absolute Gasteiger partial charge is 0.396 e. The molecule has 0 fully saturated rings. The summed E-state index contributed by atoms with van der Waals surface area (Å²) in [4.78, 5) is 0.803. The van der Waals surface area contributed by atoms with Gasteiger partial charge in [-0.15, -0.1) is 11.3 Å². The number of sulfonamides is 1. The van der Waals surface area contributed by atoms with Gasteiger partial charge in [-0.1, -0.05) is 23.2 Å². The number of aliphatic hydroxyl groups is 1. The van der Waals surface area contributed by atoms with Crippen LogP contribution >= 0.6 is 34.5 Å². The van der Waals surface area contributed by atoms with Gasteiger partial charge in [0, 0.05) is 28.0 Å². The minimum atomic E-state index is -3.67. The smallest absolute Gasteiger partial charge is 0.271 e. The molecule has 1 aromatic carbocycles. The van der Waals surface area contributed by atoms with Gasteiger partial charge in [0.05, 0.1) is 5.69 Å². The zero-order valence-corrected chi connectivity index (χ0v) is 13.3. The molecule has 0 unspecified atom stereocenters. The van der Waals surface area contributed by atoms with Gasteiger partial charge in [0.2, 0.25) is 0 Å². The predicted molar refractivity (Wildman–Crippen MR) is 82.4 cm³/mol. The Kier molecular flexibility index (Phi) is 4.93. The number of hydrogen-bond acceptors (Lipinski definition) is 4. The Morgan fingerprint density at radius 1 is 1.15 bits per heavy atom. The number of anilines is 1. The van der Waals surface area contributed by atoms with Crippen LogP contribution in [-0.2, 0) is 16.4 Å². The molecule has 2 N–H and O–H groups in total. The molecule has 0 aliphatic carbocycles. The second kappa shape index (κ2) is 6.32. The molecule has 0 saturated carbocycles. The standard InChI is InChI=1S/C12H11Cl2NO3S2/c13-8-5-9(14)7-10(6-8)15-20(17,18)12-2-1-11(19-12)3-4-16/h1-2,5-7,15-16H,3-4H2. The Labute approximate surface area is 131 Å². The lowest BCUT2D eigenvalue weighted by Gasteiger charge is -2.07. The van der Waals surface area contributed by atoms with E-state index in [0.29, 0.717) is 22.2 Å². The average Bonchev–Trinajstić information content (AvgIpc) is 2.76. The van der Waals surface area contributed by atoms with Gasteiger partial charge in [-0.25, -0.2) is 8.42 Å². The van der Waals surface area contributed by atoms with E-state index in [9.17, 15) is 8.42 Å².